The van der Waals surface area contributed by atoms with E-state index in [9.17, 15) is 8.42 Å². The molecular weight excluding hydrogens is 360 g/mol. The normalized spacial score (nSPS) is 11.5. The summed E-state index contributed by atoms with van der Waals surface area (Å²) in [4.78, 5) is 0. The molecule has 1 aromatic carbocycles. The van der Waals surface area contributed by atoms with Gasteiger partial charge in [0.2, 0.25) is 5.03 Å². The zero-order chi connectivity index (χ0) is 15.8. The number of hydrogen-bond donors (Lipinski definition) is 1. The van der Waals surface area contributed by atoms with Gasteiger partial charge in [0, 0.05) is 12.6 Å². The van der Waals surface area contributed by atoms with E-state index in [1.807, 2.05) is 6.92 Å². The summed E-state index contributed by atoms with van der Waals surface area (Å²) in [7, 11) is -0.746. The van der Waals surface area contributed by atoms with E-state index in [-0.39, 0.29) is 9.63 Å². The van der Waals surface area contributed by atoms with Gasteiger partial charge in [-0.25, -0.2) is 4.68 Å². The number of rotatable bonds is 4. The number of benzene rings is 1. The number of sulfonamides is 1. The molecule has 0 radical (unpaired) electrons. The molecular formula is C12H15BrN4O3S. The van der Waals surface area contributed by atoms with Gasteiger partial charge in [0.05, 0.1) is 12.8 Å². The topological polar surface area (TPSA) is 86.1 Å². The zero-order valence-corrected chi connectivity index (χ0v) is 14.4. The van der Waals surface area contributed by atoms with Gasteiger partial charge in [-0.2, -0.15) is 8.42 Å². The first-order chi connectivity index (χ1) is 9.77. The molecule has 1 N–H and O–H groups in total. The highest BCUT2D eigenvalue weighted by Crippen LogP contribution is 2.31. The lowest BCUT2D eigenvalue weighted by molar-refractivity contribution is 0.409. The van der Waals surface area contributed by atoms with E-state index in [0.717, 1.165) is 5.56 Å². The Kier molecular flexibility index (Phi) is 4.24. The van der Waals surface area contributed by atoms with Crippen molar-refractivity contribution in [3.8, 4) is 5.75 Å². The Labute approximate surface area is 131 Å². The fourth-order valence-electron chi connectivity index (χ4n) is 2.05. The van der Waals surface area contributed by atoms with E-state index in [1.165, 1.54) is 11.7 Å². The molecule has 0 bridgehead atoms. The number of nitrogens with zero attached hydrogens (tertiary/aromatic N) is 3. The van der Waals surface area contributed by atoms with Crippen molar-refractivity contribution in [2.45, 2.75) is 18.9 Å². The molecule has 0 aliphatic rings. The first-order valence-corrected chi connectivity index (χ1v) is 8.27. The number of nitrogens with one attached hydrogen (secondary N) is 1. The quantitative estimate of drug-likeness (QED) is 0.884. The molecule has 0 amide bonds. The second-order valence-corrected chi connectivity index (χ2v) is 6.85. The predicted molar refractivity (Wildman–Crippen MR) is 82.0 cm³/mol. The van der Waals surface area contributed by atoms with E-state index < -0.39 is 10.0 Å². The van der Waals surface area contributed by atoms with Crippen LogP contribution < -0.4 is 9.46 Å². The fourth-order valence-corrected chi connectivity index (χ4v) is 4.27. The second kappa shape index (κ2) is 5.64. The van der Waals surface area contributed by atoms with Crippen molar-refractivity contribution in [2.24, 2.45) is 7.05 Å². The standard InChI is InChI=1S/C12H15BrN4O3S/c1-7-5-6-9(8(2)10(7)20-4)15-21(18,19)12-11(13)14-16-17(12)3/h5-6,15H,1-4H3. The molecule has 0 saturated heterocycles. The van der Waals surface area contributed by atoms with Crippen LogP contribution in [0.1, 0.15) is 11.1 Å². The maximum atomic E-state index is 12.5. The average Bonchev–Trinajstić information content (AvgIpc) is 2.74. The van der Waals surface area contributed by atoms with Gasteiger partial charge in [0.1, 0.15) is 5.75 Å². The first kappa shape index (κ1) is 15.8. The maximum Gasteiger partial charge on any atom is 0.281 e. The van der Waals surface area contributed by atoms with Crippen LogP contribution >= 0.6 is 15.9 Å². The summed E-state index contributed by atoms with van der Waals surface area (Å²) >= 11 is 3.09. The molecule has 0 fully saturated rings. The minimum atomic E-state index is -3.81. The lowest BCUT2D eigenvalue weighted by Crippen LogP contribution is -2.18. The van der Waals surface area contributed by atoms with Crippen molar-refractivity contribution in [2.75, 3.05) is 11.8 Å². The minimum absolute atomic E-state index is 0.0403. The molecule has 1 aromatic heterocycles. The summed E-state index contributed by atoms with van der Waals surface area (Å²) < 4.78 is 34.1. The molecule has 2 aromatic rings. The molecule has 1 heterocycles. The van der Waals surface area contributed by atoms with E-state index in [2.05, 4.69) is 31.0 Å². The predicted octanol–water partition coefficient (Wildman–Crippen LogP) is 2.00. The molecule has 0 unspecified atom stereocenters. The number of aromatic nitrogens is 3. The molecule has 0 atom stereocenters. The van der Waals surface area contributed by atoms with Gasteiger partial charge in [-0.05, 0) is 41.4 Å². The molecule has 0 spiro atoms. The molecule has 2 rings (SSSR count). The highest BCUT2D eigenvalue weighted by molar-refractivity contribution is 9.10. The van der Waals surface area contributed by atoms with Crippen molar-refractivity contribution >= 4 is 31.6 Å². The minimum Gasteiger partial charge on any atom is -0.496 e. The van der Waals surface area contributed by atoms with Gasteiger partial charge >= 0.3 is 0 Å². The van der Waals surface area contributed by atoms with Crippen LogP contribution in [-0.4, -0.2) is 30.5 Å². The number of aryl methyl sites for hydroxylation is 2. The van der Waals surface area contributed by atoms with E-state index in [0.29, 0.717) is 17.0 Å². The summed E-state index contributed by atoms with van der Waals surface area (Å²) in [6, 6.07) is 3.49. The number of methoxy groups -OCH3 is 1. The highest BCUT2D eigenvalue weighted by atomic mass is 79.9. The van der Waals surface area contributed by atoms with E-state index in [4.69, 9.17) is 4.74 Å². The van der Waals surface area contributed by atoms with E-state index >= 15 is 0 Å². The molecule has 0 aliphatic heterocycles. The fraction of sp³-hybridized carbons (Fsp3) is 0.333. The van der Waals surface area contributed by atoms with Crippen molar-refractivity contribution in [1.82, 2.24) is 15.0 Å². The Morgan fingerprint density at radius 1 is 1.33 bits per heavy atom. The lowest BCUT2D eigenvalue weighted by Gasteiger charge is -2.14. The third-order valence-corrected chi connectivity index (χ3v) is 5.29. The number of ether oxygens (including phenoxy) is 1. The van der Waals surface area contributed by atoms with Crippen LogP contribution in [0, 0.1) is 13.8 Å². The summed E-state index contributed by atoms with van der Waals surface area (Å²) in [5, 5.41) is 7.31. The molecule has 114 valence electrons. The Morgan fingerprint density at radius 2 is 2.00 bits per heavy atom. The molecule has 0 saturated carbocycles. The second-order valence-electron chi connectivity index (χ2n) is 4.50. The van der Waals surface area contributed by atoms with E-state index in [1.54, 1.807) is 26.2 Å². The zero-order valence-electron chi connectivity index (χ0n) is 12.0. The molecule has 9 heteroatoms. The SMILES string of the molecule is COc1c(C)ccc(NS(=O)(=O)c2c(Br)nnn2C)c1C. The summed E-state index contributed by atoms with van der Waals surface area (Å²) in [6.07, 6.45) is 0. The Hall–Kier alpha value is -1.61. The molecule has 0 aliphatic carbocycles. The van der Waals surface area contributed by atoms with Crippen molar-refractivity contribution < 1.29 is 13.2 Å². The van der Waals surface area contributed by atoms with Crippen molar-refractivity contribution in [3.63, 3.8) is 0 Å². The van der Waals surface area contributed by atoms with Crippen LogP contribution in [-0.2, 0) is 17.1 Å². The van der Waals surface area contributed by atoms with Crippen LogP contribution in [0.4, 0.5) is 5.69 Å². The summed E-state index contributed by atoms with van der Waals surface area (Å²) in [5.41, 5.74) is 2.10. The average molecular weight is 375 g/mol. The molecule has 21 heavy (non-hydrogen) atoms. The number of halogens is 1. The third kappa shape index (κ3) is 2.88. The lowest BCUT2D eigenvalue weighted by atomic mass is 10.1. The number of anilines is 1. The summed E-state index contributed by atoms with van der Waals surface area (Å²) in [5.74, 6) is 0.650. The Bertz CT molecular complexity index is 767. The first-order valence-electron chi connectivity index (χ1n) is 6.00. The van der Waals surface area contributed by atoms with Crippen LogP contribution in [0.3, 0.4) is 0 Å². The van der Waals surface area contributed by atoms with Gasteiger partial charge in [-0.15, -0.1) is 5.10 Å². The van der Waals surface area contributed by atoms with Crippen LogP contribution in [0.25, 0.3) is 0 Å². The Balaban J connectivity index is 2.48. The monoisotopic (exact) mass is 374 g/mol. The van der Waals surface area contributed by atoms with Crippen molar-refractivity contribution in [3.05, 3.63) is 27.9 Å². The Morgan fingerprint density at radius 3 is 2.52 bits per heavy atom. The highest BCUT2D eigenvalue weighted by Gasteiger charge is 2.25. The maximum absolute atomic E-state index is 12.5. The summed E-state index contributed by atoms with van der Waals surface area (Å²) in [6.45, 7) is 3.69. The van der Waals surface area contributed by atoms with Gasteiger partial charge in [0.25, 0.3) is 10.0 Å². The third-order valence-electron chi connectivity index (χ3n) is 3.04. The van der Waals surface area contributed by atoms with Gasteiger partial charge in [-0.3, -0.25) is 4.72 Å². The van der Waals surface area contributed by atoms with Gasteiger partial charge in [0.15, 0.2) is 4.60 Å². The number of hydrogen-bond acceptors (Lipinski definition) is 5. The van der Waals surface area contributed by atoms with Crippen LogP contribution in [0.2, 0.25) is 0 Å². The van der Waals surface area contributed by atoms with Crippen molar-refractivity contribution in [1.29, 1.82) is 0 Å². The van der Waals surface area contributed by atoms with Crippen LogP contribution in [0.15, 0.2) is 21.8 Å². The molecule has 7 nitrogen and oxygen atoms in total. The van der Waals surface area contributed by atoms with Gasteiger partial charge < -0.3 is 4.74 Å². The smallest absolute Gasteiger partial charge is 0.281 e. The van der Waals surface area contributed by atoms with Crippen LogP contribution in [0.5, 0.6) is 5.75 Å². The largest absolute Gasteiger partial charge is 0.496 e. The van der Waals surface area contributed by atoms with Gasteiger partial charge in [-0.1, -0.05) is 11.3 Å².